The molecule has 1 aliphatic carbocycles. The fourth-order valence-corrected chi connectivity index (χ4v) is 4.31. The van der Waals surface area contributed by atoms with E-state index in [1.165, 1.54) is 17.7 Å². The topological polar surface area (TPSA) is 49.0 Å². The molecule has 1 fully saturated rings. The van der Waals surface area contributed by atoms with E-state index in [0.717, 1.165) is 35.1 Å². The highest BCUT2D eigenvalue weighted by atomic mass is 19.1. The molecule has 2 aliphatic rings. The largest absolute Gasteiger partial charge is 0.355 e. The van der Waals surface area contributed by atoms with E-state index in [0.29, 0.717) is 6.54 Å². The van der Waals surface area contributed by atoms with Crippen molar-refractivity contribution in [1.82, 2.24) is 14.9 Å². The minimum atomic E-state index is -0.302. The zero-order chi connectivity index (χ0) is 17.2. The summed E-state index contributed by atoms with van der Waals surface area (Å²) < 4.78 is 13.9. The Morgan fingerprint density at radius 2 is 2.16 bits per heavy atom. The molecule has 1 amide bonds. The van der Waals surface area contributed by atoms with E-state index < -0.39 is 0 Å². The van der Waals surface area contributed by atoms with Gasteiger partial charge in [0.25, 0.3) is 0 Å². The molecule has 25 heavy (non-hydrogen) atoms. The van der Waals surface area contributed by atoms with Crippen LogP contribution in [0.3, 0.4) is 0 Å². The molecule has 1 N–H and O–H groups in total. The molecule has 2 aromatic heterocycles. The Labute approximate surface area is 144 Å². The Kier molecular flexibility index (Phi) is 2.87. The molecule has 1 aliphatic heterocycles. The van der Waals surface area contributed by atoms with Gasteiger partial charge in [0.15, 0.2) is 0 Å². The molecule has 4 nitrogen and oxygen atoms in total. The number of amides is 1. The number of aromatic nitrogens is 2. The molecular weight excluding hydrogens is 317 g/mol. The van der Waals surface area contributed by atoms with Crippen LogP contribution in [0.25, 0.3) is 11.0 Å². The fraction of sp³-hybridized carbons (Fsp3) is 0.300. The Morgan fingerprint density at radius 1 is 1.32 bits per heavy atom. The van der Waals surface area contributed by atoms with Crippen LogP contribution in [0.5, 0.6) is 0 Å². The van der Waals surface area contributed by atoms with Gasteiger partial charge < -0.3 is 9.88 Å². The van der Waals surface area contributed by atoms with Crippen molar-refractivity contribution in [3.05, 3.63) is 65.2 Å². The van der Waals surface area contributed by atoms with Crippen molar-refractivity contribution in [3.63, 3.8) is 0 Å². The molecular formula is C20H18FN3O. The number of fused-ring (bicyclic) bond motifs is 4. The van der Waals surface area contributed by atoms with Crippen LogP contribution in [0, 0.1) is 5.82 Å². The third-order valence-corrected chi connectivity index (χ3v) is 5.59. The first kappa shape index (κ1) is 14.6. The molecule has 1 saturated carbocycles. The maximum atomic E-state index is 13.9. The van der Waals surface area contributed by atoms with Crippen LogP contribution in [0.15, 0.2) is 42.6 Å². The van der Waals surface area contributed by atoms with Crippen molar-refractivity contribution in [3.8, 4) is 0 Å². The average molecular weight is 335 g/mol. The van der Waals surface area contributed by atoms with Crippen molar-refractivity contribution in [2.75, 3.05) is 6.54 Å². The van der Waals surface area contributed by atoms with Gasteiger partial charge in [-0.2, -0.15) is 0 Å². The maximum absolute atomic E-state index is 13.9. The predicted octanol–water partition coefficient (Wildman–Crippen LogP) is 3.69. The summed E-state index contributed by atoms with van der Waals surface area (Å²) in [6.45, 7) is 2.26. The summed E-state index contributed by atoms with van der Waals surface area (Å²) in [4.78, 5) is 22.4. The van der Waals surface area contributed by atoms with Gasteiger partial charge in [-0.05, 0) is 42.7 Å². The van der Waals surface area contributed by atoms with Crippen LogP contribution in [-0.4, -0.2) is 27.3 Å². The average Bonchev–Trinajstić information content (AvgIpc) is 3.24. The number of rotatable bonds is 1. The van der Waals surface area contributed by atoms with E-state index in [4.69, 9.17) is 0 Å². The smallest absolute Gasteiger partial charge is 0.220 e. The number of carbonyl (C=O) groups is 1. The molecule has 0 radical (unpaired) electrons. The first-order chi connectivity index (χ1) is 12.1. The van der Waals surface area contributed by atoms with Gasteiger partial charge in [0.05, 0.1) is 17.1 Å². The highest BCUT2D eigenvalue weighted by Gasteiger charge is 2.54. The summed E-state index contributed by atoms with van der Waals surface area (Å²) in [5.74, 6) is -0.277. The first-order valence-corrected chi connectivity index (χ1v) is 8.59. The van der Waals surface area contributed by atoms with Gasteiger partial charge in [-0.3, -0.25) is 9.78 Å². The van der Waals surface area contributed by atoms with Crippen LogP contribution in [-0.2, 0) is 10.2 Å². The highest BCUT2D eigenvalue weighted by Crippen LogP contribution is 2.57. The Bertz CT molecular complexity index is 1010. The third-order valence-electron chi connectivity index (χ3n) is 5.59. The summed E-state index contributed by atoms with van der Waals surface area (Å²) in [6.07, 6.45) is 3.92. The van der Waals surface area contributed by atoms with Gasteiger partial charge in [-0.1, -0.05) is 12.1 Å². The number of H-pyrrole nitrogens is 1. The molecule has 5 rings (SSSR count). The minimum Gasteiger partial charge on any atom is -0.355 e. The number of hydrogen-bond donors (Lipinski definition) is 1. The van der Waals surface area contributed by atoms with Crippen molar-refractivity contribution < 1.29 is 9.18 Å². The standard InChI is InChI=1S/C20H18FN3O/c1-12(25)24-11-20(7-8-20)16-17-15(6-3-9-22-17)23-18(16)19(24)13-4-2-5-14(21)10-13/h2-6,9-10,19,23H,7-8,11H2,1H3. The van der Waals surface area contributed by atoms with E-state index in [2.05, 4.69) is 9.97 Å². The van der Waals surface area contributed by atoms with Crippen molar-refractivity contribution >= 4 is 16.9 Å². The number of aromatic amines is 1. The van der Waals surface area contributed by atoms with E-state index in [1.807, 2.05) is 23.1 Å². The van der Waals surface area contributed by atoms with Crippen LogP contribution in [0.4, 0.5) is 4.39 Å². The molecule has 3 heterocycles. The second-order valence-corrected chi connectivity index (χ2v) is 7.20. The lowest BCUT2D eigenvalue weighted by Crippen LogP contribution is -2.44. The van der Waals surface area contributed by atoms with Gasteiger partial charge in [0, 0.05) is 36.3 Å². The van der Waals surface area contributed by atoms with Crippen LogP contribution >= 0.6 is 0 Å². The summed E-state index contributed by atoms with van der Waals surface area (Å²) in [5.41, 5.74) is 4.95. The number of pyridine rings is 1. The number of benzene rings is 1. The van der Waals surface area contributed by atoms with Crippen molar-refractivity contribution in [2.45, 2.75) is 31.2 Å². The quantitative estimate of drug-likeness (QED) is 0.737. The summed E-state index contributed by atoms with van der Waals surface area (Å²) >= 11 is 0. The lowest BCUT2D eigenvalue weighted by Gasteiger charge is -2.40. The second kappa shape index (κ2) is 4.91. The Hall–Kier alpha value is -2.69. The number of halogens is 1. The molecule has 126 valence electrons. The van der Waals surface area contributed by atoms with Gasteiger partial charge in [-0.15, -0.1) is 0 Å². The Morgan fingerprint density at radius 3 is 2.88 bits per heavy atom. The summed E-state index contributed by atoms with van der Waals surface area (Å²) in [5, 5.41) is 0. The van der Waals surface area contributed by atoms with Crippen LogP contribution in [0.2, 0.25) is 0 Å². The van der Waals surface area contributed by atoms with E-state index >= 15 is 0 Å². The van der Waals surface area contributed by atoms with Gasteiger partial charge in [-0.25, -0.2) is 4.39 Å². The van der Waals surface area contributed by atoms with Crippen molar-refractivity contribution in [1.29, 1.82) is 0 Å². The number of nitrogens with one attached hydrogen (secondary N) is 1. The molecule has 5 heteroatoms. The summed E-state index contributed by atoms with van der Waals surface area (Å²) in [7, 11) is 0. The second-order valence-electron chi connectivity index (χ2n) is 7.20. The third kappa shape index (κ3) is 2.05. The van der Waals surface area contributed by atoms with Gasteiger partial charge in [0.2, 0.25) is 5.91 Å². The van der Waals surface area contributed by atoms with E-state index in [1.54, 1.807) is 19.2 Å². The monoisotopic (exact) mass is 335 g/mol. The lowest BCUT2D eigenvalue weighted by atomic mass is 9.84. The number of carbonyl (C=O) groups excluding carboxylic acids is 1. The fourth-order valence-electron chi connectivity index (χ4n) is 4.31. The number of hydrogen-bond acceptors (Lipinski definition) is 2. The van der Waals surface area contributed by atoms with Gasteiger partial charge in [0.1, 0.15) is 5.82 Å². The van der Waals surface area contributed by atoms with E-state index in [9.17, 15) is 9.18 Å². The number of nitrogens with zero attached hydrogens (tertiary/aromatic N) is 2. The van der Waals surface area contributed by atoms with Gasteiger partial charge >= 0.3 is 0 Å². The van der Waals surface area contributed by atoms with Crippen molar-refractivity contribution in [2.24, 2.45) is 0 Å². The normalized spacial score (nSPS) is 20.7. The Balaban J connectivity index is 1.80. The molecule has 3 aromatic rings. The van der Waals surface area contributed by atoms with Crippen LogP contribution in [0.1, 0.15) is 42.6 Å². The zero-order valence-electron chi connectivity index (χ0n) is 13.9. The molecule has 1 atom stereocenters. The zero-order valence-corrected chi connectivity index (χ0v) is 13.9. The molecule has 0 saturated heterocycles. The molecule has 1 aromatic carbocycles. The predicted molar refractivity (Wildman–Crippen MR) is 92.6 cm³/mol. The maximum Gasteiger partial charge on any atom is 0.220 e. The summed E-state index contributed by atoms with van der Waals surface area (Å²) in [6, 6.07) is 10.2. The highest BCUT2D eigenvalue weighted by molar-refractivity contribution is 5.85. The molecule has 1 unspecified atom stereocenters. The van der Waals surface area contributed by atoms with E-state index in [-0.39, 0.29) is 23.2 Å². The molecule has 1 spiro atoms. The lowest BCUT2D eigenvalue weighted by molar-refractivity contribution is -0.131. The van der Waals surface area contributed by atoms with Crippen LogP contribution < -0.4 is 0 Å². The SMILES string of the molecule is CC(=O)N1CC2(CC2)c2c([nH]c3cccnc23)C1c1cccc(F)c1. The minimum absolute atomic E-state index is 0.00255. The first-order valence-electron chi connectivity index (χ1n) is 8.59. The molecule has 0 bridgehead atoms.